The number of benzene rings is 4. The van der Waals surface area contributed by atoms with Crippen LogP contribution in [-0.4, -0.2) is 15.0 Å². The summed E-state index contributed by atoms with van der Waals surface area (Å²) in [5, 5.41) is 3.58. The molecule has 37 heavy (non-hydrogen) atoms. The Labute approximate surface area is 232 Å². The Morgan fingerprint density at radius 2 is 1.51 bits per heavy atom. The van der Waals surface area contributed by atoms with Gasteiger partial charge in [0.2, 0.25) is 0 Å². The van der Waals surface area contributed by atoms with E-state index in [1.165, 1.54) is 27.5 Å². The number of fused-ring (bicyclic) bond motifs is 3. The second-order valence-electron chi connectivity index (χ2n) is 8.80. The van der Waals surface area contributed by atoms with Gasteiger partial charge in [-0.1, -0.05) is 49.4 Å². The van der Waals surface area contributed by atoms with E-state index in [4.69, 9.17) is 0 Å². The minimum absolute atomic E-state index is 0. The maximum Gasteiger partial charge on any atom is 0.0748 e. The number of pyridine rings is 1. The van der Waals surface area contributed by atoms with Crippen molar-refractivity contribution in [3.05, 3.63) is 126 Å². The molecular formula is C33H27IrN3-2. The van der Waals surface area contributed by atoms with Crippen molar-refractivity contribution in [1.82, 2.24) is 15.0 Å². The average Bonchev–Trinajstić information content (AvgIpc) is 2.94. The predicted molar refractivity (Wildman–Crippen MR) is 149 cm³/mol. The topological polar surface area (TPSA) is 38.7 Å². The van der Waals surface area contributed by atoms with Crippen LogP contribution in [0, 0.1) is 26.0 Å². The van der Waals surface area contributed by atoms with Gasteiger partial charge in [-0.2, -0.15) is 0 Å². The molecular weight excluding hydrogens is 631 g/mol. The molecule has 0 amide bonds. The summed E-state index contributed by atoms with van der Waals surface area (Å²) in [5.41, 5.74) is 8.05. The zero-order valence-electron chi connectivity index (χ0n) is 21.1. The minimum Gasteiger partial charge on any atom is -0.304 e. The quantitative estimate of drug-likeness (QED) is 0.143. The maximum atomic E-state index is 4.61. The molecule has 4 heteroatoms. The standard InChI is InChI=1S/C17H13N2.C16H14N.Ir/c1-13-11-18-17(19-12-13)16-9-5-8-15(10-16)14-6-3-2-4-7-14;1-3-12-10-17-16-14(11(12)2)9-8-13-6-4-5-7-15(13)16;/h2-8,10-12H,1H3;4-6,8-10H,3H2,1-2H3;/q2*-1;. The fraction of sp³-hybridized carbons (Fsp3) is 0.121. The summed E-state index contributed by atoms with van der Waals surface area (Å²) >= 11 is 0. The molecule has 0 fully saturated rings. The number of aromatic nitrogens is 3. The molecule has 0 saturated heterocycles. The Morgan fingerprint density at radius 1 is 0.730 bits per heavy atom. The van der Waals surface area contributed by atoms with Crippen molar-refractivity contribution >= 4 is 21.7 Å². The molecule has 4 aromatic carbocycles. The zero-order chi connectivity index (χ0) is 24.9. The van der Waals surface area contributed by atoms with E-state index in [0.29, 0.717) is 5.82 Å². The van der Waals surface area contributed by atoms with Crippen LogP contribution in [0.4, 0.5) is 0 Å². The van der Waals surface area contributed by atoms with Crippen LogP contribution < -0.4 is 0 Å². The summed E-state index contributed by atoms with van der Waals surface area (Å²) < 4.78 is 0. The van der Waals surface area contributed by atoms with E-state index < -0.39 is 0 Å². The van der Waals surface area contributed by atoms with E-state index in [9.17, 15) is 0 Å². The Bertz CT molecular complexity index is 1630. The van der Waals surface area contributed by atoms with Crippen LogP contribution in [0.25, 0.3) is 44.2 Å². The summed E-state index contributed by atoms with van der Waals surface area (Å²) in [6.07, 6.45) is 6.68. The molecule has 2 aromatic heterocycles. The molecule has 0 unspecified atom stereocenters. The van der Waals surface area contributed by atoms with Crippen LogP contribution in [0.2, 0.25) is 0 Å². The summed E-state index contributed by atoms with van der Waals surface area (Å²) in [5.74, 6) is 0.711. The van der Waals surface area contributed by atoms with Crippen molar-refractivity contribution in [2.75, 3.05) is 0 Å². The molecule has 2 heterocycles. The van der Waals surface area contributed by atoms with Gasteiger partial charge in [0.1, 0.15) is 0 Å². The van der Waals surface area contributed by atoms with Crippen LogP contribution in [0.3, 0.4) is 0 Å². The third-order valence-corrected chi connectivity index (χ3v) is 6.36. The fourth-order valence-electron chi connectivity index (χ4n) is 4.32. The van der Waals surface area contributed by atoms with Crippen molar-refractivity contribution in [2.24, 2.45) is 0 Å². The molecule has 6 aromatic rings. The van der Waals surface area contributed by atoms with E-state index in [1.54, 1.807) is 0 Å². The normalized spacial score (nSPS) is 10.5. The average molecular weight is 658 g/mol. The van der Waals surface area contributed by atoms with Gasteiger partial charge in [-0.25, -0.2) is 0 Å². The van der Waals surface area contributed by atoms with Gasteiger partial charge in [-0.05, 0) is 53.4 Å². The van der Waals surface area contributed by atoms with E-state index in [1.807, 2.05) is 68.0 Å². The molecule has 0 aliphatic carbocycles. The van der Waals surface area contributed by atoms with Gasteiger partial charge in [0.15, 0.2) is 0 Å². The SMILES string of the molecule is CCc1cnc2c(ccc3ccc[c-]c32)c1C.Cc1cnc(-c2[c-]ccc(-c3ccccc3)c2)nc1.[Ir]. The summed E-state index contributed by atoms with van der Waals surface area (Å²) in [6, 6.07) is 33.2. The minimum atomic E-state index is 0. The monoisotopic (exact) mass is 658 g/mol. The first kappa shape index (κ1) is 26.3. The molecule has 185 valence electrons. The van der Waals surface area contributed by atoms with E-state index in [2.05, 4.69) is 77.3 Å². The van der Waals surface area contributed by atoms with Crippen LogP contribution in [0.5, 0.6) is 0 Å². The zero-order valence-corrected chi connectivity index (χ0v) is 23.5. The molecule has 0 aliphatic heterocycles. The fourth-order valence-corrected chi connectivity index (χ4v) is 4.32. The third kappa shape index (κ3) is 5.82. The second-order valence-corrected chi connectivity index (χ2v) is 8.80. The molecule has 1 radical (unpaired) electrons. The van der Waals surface area contributed by atoms with Gasteiger partial charge < -0.3 is 4.98 Å². The van der Waals surface area contributed by atoms with Gasteiger partial charge in [0.05, 0.1) is 5.82 Å². The van der Waals surface area contributed by atoms with E-state index in [-0.39, 0.29) is 20.1 Å². The van der Waals surface area contributed by atoms with Crippen LogP contribution in [0.1, 0.15) is 23.6 Å². The summed E-state index contributed by atoms with van der Waals surface area (Å²) in [6.45, 7) is 6.33. The van der Waals surface area contributed by atoms with E-state index >= 15 is 0 Å². The maximum absolute atomic E-state index is 4.61. The van der Waals surface area contributed by atoms with Crippen LogP contribution in [0.15, 0.2) is 97.5 Å². The molecule has 0 spiro atoms. The number of hydrogen-bond acceptors (Lipinski definition) is 3. The first-order valence-electron chi connectivity index (χ1n) is 12.2. The predicted octanol–water partition coefficient (Wildman–Crippen LogP) is 7.98. The number of nitrogens with zero attached hydrogens (tertiary/aromatic N) is 3. The van der Waals surface area contributed by atoms with E-state index in [0.717, 1.165) is 34.0 Å². The smallest absolute Gasteiger partial charge is 0.0748 e. The Balaban J connectivity index is 0.000000169. The summed E-state index contributed by atoms with van der Waals surface area (Å²) in [7, 11) is 0. The third-order valence-electron chi connectivity index (χ3n) is 6.36. The van der Waals surface area contributed by atoms with Gasteiger partial charge in [-0.15, -0.1) is 70.4 Å². The molecule has 0 aliphatic rings. The van der Waals surface area contributed by atoms with Crippen LogP contribution >= 0.6 is 0 Å². The molecule has 3 nitrogen and oxygen atoms in total. The number of aryl methyl sites for hydroxylation is 3. The van der Waals surface area contributed by atoms with Crippen molar-refractivity contribution in [3.63, 3.8) is 0 Å². The number of rotatable bonds is 3. The Kier molecular flexibility index (Phi) is 8.55. The van der Waals surface area contributed by atoms with Crippen molar-refractivity contribution in [3.8, 4) is 22.5 Å². The second kappa shape index (κ2) is 12.0. The summed E-state index contributed by atoms with van der Waals surface area (Å²) in [4.78, 5) is 13.3. The van der Waals surface area contributed by atoms with Crippen LogP contribution in [-0.2, 0) is 26.5 Å². The van der Waals surface area contributed by atoms with Gasteiger partial charge >= 0.3 is 0 Å². The Hall–Kier alpha value is -3.72. The van der Waals surface area contributed by atoms with Crippen molar-refractivity contribution in [1.29, 1.82) is 0 Å². The Morgan fingerprint density at radius 3 is 2.27 bits per heavy atom. The first-order chi connectivity index (χ1) is 17.6. The largest absolute Gasteiger partial charge is 0.304 e. The molecule has 0 bridgehead atoms. The number of hydrogen-bond donors (Lipinski definition) is 0. The van der Waals surface area contributed by atoms with Crippen molar-refractivity contribution in [2.45, 2.75) is 27.2 Å². The van der Waals surface area contributed by atoms with Crippen molar-refractivity contribution < 1.29 is 20.1 Å². The molecule has 0 atom stereocenters. The first-order valence-corrected chi connectivity index (χ1v) is 12.2. The van der Waals surface area contributed by atoms with Gasteiger partial charge in [0.25, 0.3) is 0 Å². The van der Waals surface area contributed by atoms with Gasteiger partial charge in [0, 0.05) is 38.7 Å². The molecule has 6 rings (SSSR count). The molecule has 0 saturated carbocycles. The van der Waals surface area contributed by atoms with Gasteiger partial charge in [-0.3, -0.25) is 9.97 Å². The molecule has 0 N–H and O–H groups in total.